The summed E-state index contributed by atoms with van der Waals surface area (Å²) in [4.78, 5) is 10.6. The third-order valence-electron chi connectivity index (χ3n) is 3.89. The molecule has 21 heavy (non-hydrogen) atoms. The van der Waals surface area contributed by atoms with Gasteiger partial charge in [-0.2, -0.15) is 11.8 Å². The van der Waals surface area contributed by atoms with Gasteiger partial charge in [-0.1, -0.05) is 32.9 Å². The molecule has 3 nitrogen and oxygen atoms in total. The number of carboxylic acid groups (broad SMARTS) is 1. The molecule has 0 spiro atoms. The van der Waals surface area contributed by atoms with Gasteiger partial charge in [-0.05, 0) is 36.0 Å². The number of benzene rings is 1. The maximum absolute atomic E-state index is 10.6. The van der Waals surface area contributed by atoms with E-state index in [0.29, 0.717) is 23.1 Å². The van der Waals surface area contributed by atoms with Crippen molar-refractivity contribution in [2.45, 2.75) is 51.3 Å². The molecular formula is C17H25NO2S. The van der Waals surface area contributed by atoms with Gasteiger partial charge in [0.25, 0.3) is 0 Å². The molecule has 0 saturated carbocycles. The quantitative estimate of drug-likeness (QED) is 0.862. The maximum Gasteiger partial charge on any atom is 0.303 e. The largest absolute Gasteiger partial charge is 0.481 e. The molecule has 1 aromatic rings. The fraction of sp³-hybridized carbons (Fsp3) is 0.588. The maximum atomic E-state index is 10.6. The van der Waals surface area contributed by atoms with E-state index in [4.69, 9.17) is 5.11 Å². The summed E-state index contributed by atoms with van der Waals surface area (Å²) in [7, 11) is 0. The molecule has 1 aliphatic heterocycles. The zero-order valence-electron chi connectivity index (χ0n) is 13.1. The molecule has 0 radical (unpaired) electrons. The minimum Gasteiger partial charge on any atom is -0.481 e. The van der Waals surface area contributed by atoms with Crippen LogP contribution in [0.15, 0.2) is 24.3 Å². The van der Waals surface area contributed by atoms with Crippen molar-refractivity contribution in [1.29, 1.82) is 0 Å². The molecule has 2 N–H and O–H groups in total. The molecule has 1 aromatic carbocycles. The second-order valence-corrected chi connectivity index (χ2v) is 8.09. The van der Waals surface area contributed by atoms with E-state index in [1.54, 1.807) is 0 Å². The van der Waals surface area contributed by atoms with Gasteiger partial charge in [0.15, 0.2) is 0 Å². The molecule has 0 bridgehead atoms. The fourth-order valence-electron chi connectivity index (χ4n) is 2.63. The van der Waals surface area contributed by atoms with Crippen molar-refractivity contribution in [3.63, 3.8) is 0 Å². The third-order valence-corrected chi connectivity index (χ3v) is 5.79. The number of thioether (sulfide) groups is 1. The first-order valence-corrected chi connectivity index (χ1v) is 8.58. The molecule has 4 heteroatoms. The molecule has 0 aliphatic carbocycles. The Balaban J connectivity index is 1.92. The number of carboxylic acids is 1. The van der Waals surface area contributed by atoms with Crippen LogP contribution in [0, 0.1) is 5.41 Å². The van der Waals surface area contributed by atoms with Gasteiger partial charge in [0, 0.05) is 29.2 Å². The highest BCUT2D eigenvalue weighted by atomic mass is 32.2. The minimum absolute atomic E-state index is 0.189. The second-order valence-electron chi connectivity index (χ2n) is 6.86. The number of hydrogen-bond acceptors (Lipinski definition) is 3. The van der Waals surface area contributed by atoms with E-state index in [-0.39, 0.29) is 6.42 Å². The van der Waals surface area contributed by atoms with Crippen LogP contribution < -0.4 is 5.32 Å². The highest BCUT2D eigenvalue weighted by Gasteiger charge is 2.33. The molecule has 1 fully saturated rings. The zero-order chi connectivity index (χ0) is 15.5. The number of carbonyl (C=O) groups is 1. The van der Waals surface area contributed by atoms with Gasteiger partial charge in [0.2, 0.25) is 0 Å². The Morgan fingerprint density at radius 1 is 1.43 bits per heavy atom. The molecule has 116 valence electrons. The molecule has 0 amide bonds. The molecule has 2 rings (SSSR count). The van der Waals surface area contributed by atoms with Crippen molar-refractivity contribution in [2.24, 2.45) is 5.41 Å². The zero-order valence-corrected chi connectivity index (χ0v) is 13.9. The third kappa shape index (κ3) is 4.95. The minimum atomic E-state index is -0.742. The summed E-state index contributed by atoms with van der Waals surface area (Å²) in [6, 6.07) is 8.66. The van der Waals surface area contributed by atoms with Crippen LogP contribution in [0.2, 0.25) is 0 Å². The van der Waals surface area contributed by atoms with Gasteiger partial charge < -0.3 is 10.4 Å². The van der Waals surface area contributed by atoms with E-state index in [0.717, 1.165) is 17.0 Å². The van der Waals surface area contributed by atoms with Crippen LogP contribution in [0.1, 0.15) is 39.2 Å². The molecule has 2 atom stereocenters. The fourth-order valence-corrected chi connectivity index (χ4v) is 4.19. The van der Waals surface area contributed by atoms with Crippen LogP contribution in [0.4, 0.5) is 5.69 Å². The highest BCUT2D eigenvalue weighted by molar-refractivity contribution is 8.00. The van der Waals surface area contributed by atoms with Crippen molar-refractivity contribution in [1.82, 2.24) is 0 Å². The van der Waals surface area contributed by atoms with Crippen molar-refractivity contribution >= 4 is 23.4 Å². The van der Waals surface area contributed by atoms with Crippen LogP contribution in [-0.4, -0.2) is 28.1 Å². The second kappa shape index (κ2) is 6.73. The van der Waals surface area contributed by atoms with Crippen LogP contribution >= 0.6 is 11.8 Å². The number of nitrogens with one attached hydrogen (secondary N) is 1. The Morgan fingerprint density at radius 2 is 2.19 bits per heavy atom. The SMILES string of the molecule is CC(C)(C)C1CC(Nc2cccc(CCC(=O)O)c2)CS1. The smallest absolute Gasteiger partial charge is 0.303 e. The van der Waals surface area contributed by atoms with E-state index in [9.17, 15) is 4.79 Å². The van der Waals surface area contributed by atoms with Gasteiger partial charge in [0.1, 0.15) is 0 Å². The average molecular weight is 307 g/mol. The first-order valence-electron chi connectivity index (χ1n) is 7.53. The number of hydrogen-bond donors (Lipinski definition) is 2. The Kier molecular flexibility index (Phi) is 5.20. The van der Waals surface area contributed by atoms with Crippen LogP contribution in [0.3, 0.4) is 0 Å². The Bertz CT molecular complexity index is 496. The predicted molar refractivity (Wildman–Crippen MR) is 90.1 cm³/mol. The summed E-state index contributed by atoms with van der Waals surface area (Å²) >= 11 is 2.05. The van der Waals surface area contributed by atoms with Crippen molar-refractivity contribution in [2.75, 3.05) is 11.1 Å². The molecule has 1 aliphatic rings. The predicted octanol–water partition coefficient (Wildman–Crippen LogP) is 4.04. The molecule has 2 unspecified atom stereocenters. The highest BCUT2D eigenvalue weighted by Crippen LogP contribution is 2.40. The van der Waals surface area contributed by atoms with Crippen LogP contribution in [-0.2, 0) is 11.2 Å². The van der Waals surface area contributed by atoms with Crippen molar-refractivity contribution < 1.29 is 9.90 Å². The lowest BCUT2D eigenvalue weighted by Gasteiger charge is -2.26. The Labute approximate surface area is 131 Å². The van der Waals surface area contributed by atoms with E-state index in [1.807, 2.05) is 12.1 Å². The molecular weight excluding hydrogens is 282 g/mol. The van der Waals surface area contributed by atoms with Gasteiger partial charge >= 0.3 is 5.97 Å². The standard InChI is InChI=1S/C17H25NO2S/c1-17(2,3)15-10-14(11-21-15)18-13-6-4-5-12(9-13)7-8-16(19)20/h4-6,9,14-15,18H,7-8,10-11H2,1-3H3,(H,19,20). The molecule has 1 saturated heterocycles. The Hall–Kier alpha value is -1.16. The van der Waals surface area contributed by atoms with E-state index in [2.05, 4.69) is 50.0 Å². The Morgan fingerprint density at radius 3 is 2.81 bits per heavy atom. The summed E-state index contributed by atoms with van der Waals surface area (Å²) < 4.78 is 0. The van der Waals surface area contributed by atoms with Crippen molar-refractivity contribution in [3.8, 4) is 0 Å². The van der Waals surface area contributed by atoms with E-state index < -0.39 is 5.97 Å². The molecule has 1 heterocycles. The number of aliphatic carboxylic acids is 1. The monoisotopic (exact) mass is 307 g/mol. The lowest BCUT2D eigenvalue weighted by Crippen LogP contribution is -2.25. The van der Waals surface area contributed by atoms with Gasteiger partial charge in [-0.15, -0.1) is 0 Å². The normalized spacial score (nSPS) is 22.2. The van der Waals surface area contributed by atoms with Crippen molar-refractivity contribution in [3.05, 3.63) is 29.8 Å². The summed E-state index contributed by atoms with van der Waals surface area (Å²) in [5.41, 5.74) is 2.54. The summed E-state index contributed by atoms with van der Waals surface area (Å²) in [6.45, 7) is 6.92. The van der Waals surface area contributed by atoms with E-state index >= 15 is 0 Å². The average Bonchev–Trinajstić information content (AvgIpc) is 2.85. The lowest BCUT2D eigenvalue weighted by molar-refractivity contribution is -0.136. The van der Waals surface area contributed by atoms with Gasteiger partial charge in [-0.3, -0.25) is 4.79 Å². The first-order chi connectivity index (χ1) is 9.84. The summed E-state index contributed by atoms with van der Waals surface area (Å²) in [5, 5.41) is 13.1. The van der Waals surface area contributed by atoms with Gasteiger partial charge in [-0.25, -0.2) is 0 Å². The van der Waals surface area contributed by atoms with E-state index in [1.165, 1.54) is 6.42 Å². The number of aryl methyl sites for hydroxylation is 1. The molecule has 0 aromatic heterocycles. The number of anilines is 1. The van der Waals surface area contributed by atoms with Crippen LogP contribution in [0.25, 0.3) is 0 Å². The van der Waals surface area contributed by atoms with Crippen LogP contribution in [0.5, 0.6) is 0 Å². The first kappa shape index (κ1) is 16.2. The lowest BCUT2D eigenvalue weighted by atomic mass is 9.88. The topological polar surface area (TPSA) is 49.3 Å². The summed E-state index contributed by atoms with van der Waals surface area (Å²) in [6.07, 6.45) is 1.97. The van der Waals surface area contributed by atoms with Gasteiger partial charge in [0.05, 0.1) is 0 Å². The number of rotatable bonds is 5. The summed E-state index contributed by atoms with van der Waals surface area (Å²) in [5.74, 6) is 0.398.